The maximum absolute atomic E-state index is 12.5. The van der Waals surface area contributed by atoms with Gasteiger partial charge in [0.25, 0.3) is 0 Å². The number of alkyl halides is 3. The maximum Gasteiger partial charge on any atom is 0.573 e. The van der Waals surface area contributed by atoms with Gasteiger partial charge in [-0.2, -0.15) is 5.10 Å². The number of ether oxygens (including phenoxy) is 2. The number of nitrogens with zero attached hydrogens (tertiary/aromatic N) is 2. The summed E-state index contributed by atoms with van der Waals surface area (Å²) in [6.45, 7) is 2.31. The second-order valence-electron chi connectivity index (χ2n) is 7.10. The first-order chi connectivity index (χ1) is 14.9. The Kier molecular flexibility index (Phi) is 5.79. The average Bonchev–Trinajstić information content (AvgIpc) is 3.12. The van der Waals surface area contributed by atoms with Gasteiger partial charge >= 0.3 is 6.36 Å². The van der Waals surface area contributed by atoms with Crippen LogP contribution in [0.5, 0.6) is 11.5 Å². The number of nitrogens with one attached hydrogen (secondary N) is 1. The Bertz CT molecular complexity index is 1190. The fourth-order valence-electron chi connectivity index (χ4n) is 3.36. The highest BCUT2D eigenvalue weighted by Gasteiger charge is 2.31. The molecule has 1 N–H and O–H groups in total. The van der Waals surface area contributed by atoms with Crippen molar-refractivity contribution in [2.45, 2.75) is 26.1 Å². The summed E-state index contributed by atoms with van der Waals surface area (Å²) in [7, 11) is 0. The Morgan fingerprint density at radius 1 is 1.00 bits per heavy atom. The zero-order valence-electron chi connectivity index (χ0n) is 16.7. The summed E-state index contributed by atoms with van der Waals surface area (Å²) in [4.78, 5) is 4.25. The van der Waals surface area contributed by atoms with Crippen molar-refractivity contribution >= 4 is 10.9 Å². The summed E-state index contributed by atoms with van der Waals surface area (Å²) in [5.74, 6) is 0.421. The number of hydrogen-bond acceptors (Lipinski definition) is 4. The largest absolute Gasteiger partial charge is 0.573 e. The minimum absolute atomic E-state index is 0.177. The molecule has 0 radical (unpaired) electrons. The van der Waals surface area contributed by atoms with Crippen LogP contribution in [0.2, 0.25) is 0 Å². The summed E-state index contributed by atoms with van der Waals surface area (Å²) in [5, 5.41) is 8.25. The van der Waals surface area contributed by atoms with E-state index in [1.165, 1.54) is 12.1 Å². The lowest BCUT2D eigenvalue weighted by molar-refractivity contribution is -0.274. The predicted octanol–water partition coefficient (Wildman–Crippen LogP) is 5.84. The first-order valence-electron chi connectivity index (χ1n) is 9.76. The molecule has 0 aliphatic carbocycles. The second kappa shape index (κ2) is 8.67. The number of benzene rings is 2. The minimum Gasteiger partial charge on any atom is -0.492 e. The molecule has 2 heterocycles. The number of aryl methyl sites for hydroxylation is 2. The van der Waals surface area contributed by atoms with Gasteiger partial charge in [-0.15, -0.1) is 13.2 Å². The quantitative estimate of drug-likeness (QED) is 0.376. The number of para-hydroxylation sites is 1. The molecule has 4 rings (SSSR count). The van der Waals surface area contributed by atoms with Gasteiger partial charge in [0.1, 0.15) is 11.5 Å². The molecule has 5 nitrogen and oxygen atoms in total. The van der Waals surface area contributed by atoms with Crippen molar-refractivity contribution < 1.29 is 22.6 Å². The Labute approximate surface area is 176 Å². The molecular weight excluding hydrogens is 407 g/mol. The third-order valence-electron chi connectivity index (χ3n) is 4.85. The third-order valence-corrected chi connectivity index (χ3v) is 4.85. The monoisotopic (exact) mass is 427 g/mol. The molecule has 2 aromatic heterocycles. The van der Waals surface area contributed by atoms with Crippen LogP contribution in [0.3, 0.4) is 0 Å². The highest BCUT2D eigenvalue weighted by Crippen LogP contribution is 2.28. The number of H-pyrrole nitrogens is 1. The molecule has 0 aliphatic heterocycles. The molecule has 0 amide bonds. The number of aromatic amines is 1. The van der Waals surface area contributed by atoms with Gasteiger partial charge in [-0.3, -0.25) is 10.1 Å². The van der Waals surface area contributed by atoms with Crippen LogP contribution in [0.15, 0.2) is 60.9 Å². The number of pyridine rings is 1. The van der Waals surface area contributed by atoms with Gasteiger partial charge in [-0.05, 0) is 55.2 Å². The normalized spacial score (nSPS) is 11.6. The number of fused-ring (bicyclic) bond motifs is 1. The van der Waals surface area contributed by atoms with Crippen LogP contribution in [0, 0.1) is 6.92 Å². The smallest absolute Gasteiger partial charge is 0.492 e. The van der Waals surface area contributed by atoms with Crippen molar-refractivity contribution in [1.29, 1.82) is 0 Å². The molecule has 0 saturated carbocycles. The first kappa shape index (κ1) is 20.7. The molecule has 0 unspecified atom stereocenters. The standard InChI is InChI=1S/C23H20F3N3O2/c1-15-20-12-17(8-9-21(20)29-28-15)18-11-19(14-27-13-18)30-10-4-6-16-5-2-3-7-22(16)31-23(24,25)26/h2-3,5,7-9,11-14H,4,6,10H2,1H3,(H,28,29). The van der Waals surface area contributed by atoms with Gasteiger partial charge < -0.3 is 9.47 Å². The summed E-state index contributed by atoms with van der Waals surface area (Å²) in [6, 6.07) is 14.0. The van der Waals surface area contributed by atoms with E-state index >= 15 is 0 Å². The topological polar surface area (TPSA) is 60.0 Å². The Morgan fingerprint density at radius 3 is 2.68 bits per heavy atom. The zero-order valence-corrected chi connectivity index (χ0v) is 16.7. The maximum atomic E-state index is 12.5. The van der Waals surface area contributed by atoms with Gasteiger partial charge in [0, 0.05) is 22.8 Å². The van der Waals surface area contributed by atoms with Gasteiger partial charge in [0.05, 0.1) is 18.3 Å². The zero-order chi connectivity index (χ0) is 21.8. The Balaban J connectivity index is 1.39. The molecular formula is C23H20F3N3O2. The minimum atomic E-state index is -4.71. The lowest BCUT2D eigenvalue weighted by atomic mass is 10.0. The number of halogens is 3. The Hall–Kier alpha value is -3.55. The van der Waals surface area contributed by atoms with E-state index in [1.807, 2.05) is 31.2 Å². The van der Waals surface area contributed by atoms with Crippen molar-refractivity contribution in [3.8, 4) is 22.6 Å². The van der Waals surface area contributed by atoms with Crippen LogP contribution < -0.4 is 9.47 Å². The number of hydrogen-bond donors (Lipinski definition) is 1. The summed E-state index contributed by atoms with van der Waals surface area (Å²) < 4.78 is 47.5. The van der Waals surface area contributed by atoms with E-state index in [2.05, 4.69) is 19.9 Å². The van der Waals surface area contributed by atoms with E-state index in [9.17, 15) is 13.2 Å². The van der Waals surface area contributed by atoms with Crippen molar-refractivity contribution in [1.82, 2.24) is 15.2 Å². The van der Waals surface area contributed by atoms with E-state index in [4.69, 9.17) is 4.74 Å². The molecule has 31 heavy (non-hydrogen) atoms. The van der Waals surface area contributed by atoms with E-state index in [-0.39, 0.29) is 5.75 Å². The summed E-state index contributed by atoms with van der Waals surface area (Å²) in [5.41, 5.74) is 4.28. The predicted molar refractivity (Wildman–Crippen MR) is 111 cm³/mol. The molecule has 0 saturated heterocycles. The Morgan fingerprint density at radius 2 is 1.84 bits per heavy atom. The van der Waals surface area contributed by atoms with Crippen LogP contribution in [0.1, 0.15) is 17.7 Å². The van der Waals surface area contributed by atoms with E-state index in [0.717, 1.165) is 27.7 Å². The van der Waals surface area contributed by atoms with Crippen molar-refractivity contribution in [3.05, 3.63) is 72.2 Å². The first-order valence-corrected chi connectivity index (χ1v) is 9.76. The molecule has 2 aromatic carbocycles. The fourth-order valence-corrected chi connectivity index (χ4v) is 3.36. The van der Waals surface area contributed by atoms with Crippen LogP contribution in [0.25, 0.3) is 22.0 Å². The molecule has 0 fully saturated rings. The van der Waals surface area contributed by atoms with Crippen LogP contribution >= 0.6 is 0 Å². The van der Waals surface area contributed by atoms with E-state index in [1.54, 1.807) is 24.5 Å². The van der Waals surface area contributed by atoms with E-state index in [0.29, 0.717) is 30.8 Å². The van der Waals surface area contributed by atoms with Crippen LogP contribution in [-0.4, -0.2) is 28.2 Å². The molecule has 0 atom stereocenters. The molecule has 160 valence electrons. The van der Waals surface area contributed by atoms with Gasteiger partial charge in [0.2, 0.25) is 0 Å². The lowest BCUT2D eigenvalue weighted by Crippen LogP contribution is -2.18. The molecule has 0 aliphatic rings. The lowest BCUT2D eigenvalue weighted by Gasteiger charge is -2.13. The number of aromatic nitrogens is 3. The average molecular weight is 427 g/mol. The summed E-state index contributed by atoms with van der Waals surface area (Å²) >= 11 is 0. The van der Waals surface area contributed by atoms with Crippen LogP contribution in [-0.2, 0) is 6.42 Å². The van der Waals surface area contributed by atoms with Gasteiger partial charge in [-0.25, -0.2) is 0 Å². The fraction of sp³-hybridized carbons (Fsp3) is 0.217. The second-order valence-corrected chi connectivity index (χ2v) is 7.10. The molecule has 0 bridgehead atoms. The number of rotatable bonds is 7. The molecule has 0 spiro atoms. The van der Waals surface area contributed by atoms with Crippen LogP contribution in [0.4, 0.5) is 13.2 Å². The SMILES string of the molecule is Cc1[nH]nc2ccc(-c3cncc(OCCCc4ccccc4OC(F)(F)F)c3)cc12. The molecule has 4 aromatic rings. The highest BCUT2D eigenvalue weighted by molar-refractivity contribution is 5.86. The summed E-state index contributed by atoms with van der Waals surface area (Å²) in [6.07, 6.45) is -0.408. The van der Waals surface area contributed by atoms with Crippen molar-refractivity contribution in [3.63, 3.8) is 0 Å². The third kappa shape index (κ3) is 5.14. The van der Waals surface area contributed by atoms with Gasteiger partial charge in [-0.1, -0.05) is 24.3 Å². The van der Waals surface area contributed by atoms with E-state index < -0.39 is 6.36 Å². The van der Waals surface area contributed by atoms with Crippen molar-refractivity contribution in [2.75, 3.05) is 6.61 Å². The highest BCUT2D eigenvalue weighted by atomic mass is 19.4. The van der Waals surface area contributed by atoms with Gasteiger partial charge in [0.15, 0.2) is 0 Å². The molecule has 8 heteroatoms. The van der Waals surface area contributed by atoms with Crippen molar-refractivity contribution in [2.24, 2.45) is 0 Å².